The molecule has 0 aliphatic carbocycles. The summed E-state index contributed by atoms with van der Waals surface area (Å²) in [6, 6.07) is 16.4. The number of nitrogens with one attached hydrogen (secondary N) is 1. The molecule has 0 radical (unpaired) electrons. The van der Waals surface area contributed by atoms with E-state index in [4.69, 9.17) is 0 Å². The Balaban J connectivity index is 2.06. The molecular formula is C20H22N2O. The van der Waals surface area contributed by atoms with E-state index in [1.165, 1.54) is 22.3 Å². The van der Waals surface area contributed by atoms with E-state index in [-0.39, 0.29) is 5.91 Å². The maximum Gasteiger partial charge on any atom is 0.251 e. The molecule has 3 nitrogen and oxygen atoms in total. The second-order valence-corrected chi connectivity index (χ2v) is 5.87. The van der Waals surface area contributed by atoms with Crippen LogP contribution >= 0.6 is 0 Å². The van der Waals surface area contributed by atoms with Crippen molar-refractivity contribution in [2.75, 3.05) is 6.54 Å². The van der Waals surface area contributed by atoms with Crippen LogP contribution in [0.2, 0.25) is 0 Å². The highest BCUT2D eigenvalue weighted by molar-refractivity contribution is 5.99. The zero-order valence-corrected chi connectivity index (χ0v) is 13.9. The van der Waals surface area contributed by atoms with Crippen molar-refractivity contribution in [3.63, 3.8) is 0 Å². The molecule has 0 fully saturated rings. The highest BCUT2D eigenvalue weighted by Crippen LogP contribution is 2.27. The maximum absolute atomic E-state index is 12.1. The van der Waals surface area contributed by atoms with Crippen LogP contribution in [-0.2, 0) is 6.54 Å². The van der Waals surface area contributed by atoms with Gasteiger partial charge in [-0.05, 0) is 50.1 Å². The van der Waals surface area contributed by atoms with Gasteiger partial charge in [-0.2, -0.15) is 0 Å². The van der Waals surface area contributed by atoms with Crippen molar-refractivity contribution in [1.29, 1.82) is 0 Å². The zero-order chi connectivity index (χ0) is 16.4. The zero-order valence-electron chi connectivity index (χ0n) is 13.9. The Morgan fingerprint density at radius 1 is 1.09 bits per heavy atom. The van der Waals surface area contributed by atoms with Gasteiger partial charge in [0.25, 0.3) is 5.91 Å². The maximum atomic E-state index is 12.1. The third kappa shape index (κ3) is 2.87. The number of hydrogen-bond acceptors (Lipinski definition) is 1. The van der Waals surface area contributed by atoms with Crippen LogP contribution in [0.25, 0.3) is 10.9 Å². The molecule has 0 aliphatic heterocycles. The molecule has 3 aromatic rings. The summed E-state index contributed by atoms with van der Waals surface area (Å²) in [6.45, 7) is 7.69. The SMILES string of the molecule is CCNC(=O)c1ccc2c(c1)c(C)c(C)n2Cc1ccccc1. The number of aromatic nitrogens is 1. The highest BCUT2D eigenvalue weighted by Gasteiger charge is 2.13. The Morgan fingerprint density at radius 3 is 2.52 bits per heavy atom. The van der Waals surface area contributed by atoms with E-state index in [1.54, 1.807) is 0 Å². The van der Waals surface area contributed by atoms with Crippen molar-refractivity contribution in [2.45, 2.75) is 27.3 Å². The summed E-state index contributed by atoms with van der Waals surface area (Å²) in [6.07, 6.45) is 0. The van der Waals surface area contributed by atoms with Gasteiger partial charge in [0.1, 0.15) is 0 Å². The third-order valence-corrected chi connectivity index (χ3v) is 4.42. The molecule has 0 spiro atoms. The first-order valence-electron chi connectivity index (χ1n) is 8.03. The standard InChI is InChI=1S/C20H22N2O/c1-4-21-20(23)17-10-11-19-18(12-17)14(2)15(3)22(19)13-16-8-6-5-7-9-16/h5-12H,4,13H2,1-3H3,(H,21,23). The summed E-state index contributed by atoms with van der Waals surface area (Å²) in [5, 5.41) is 4.02. The van der Waals surface area contributed by atoms with Crippen LogP contribution in [0.3, 0.4) is 0 Å². The van der Waals surface area contributed by atoms with Crippen molar-refractivity contribution in [1.82, 2.24) is 9.88 Å². The van der Waals surface area contributed by atoms with E-state index < -0.39 is 0 Å². The normalized spacial score (nSPS) is 10.9. The minimum atomic E-state index is -0.0118. The smallest absolute Gasteiger partial charge is 0.251 e. The van der Waals surface area contributed by atoms with Crippen LogP contribution in [0, 0.1) is 13.8 Å². The molecule has 2 aromatic carbocycles. The van der Waals surface area contributed by atoms with E-state index in [0.717, 1.165) is 17.5 Å². The summed E-state index contributed by atoms with van der Waals surface area (Å²) in [4.78, 5) is 12.1. The van der Waals surface area contributed by atoms with E-state index in [0.29, 0.717) is 6.54 Å². The molecular weight excluding hydrogens is 284 g/mol. The van der Waals surface area contributed by atoms with Crippen molar-refractivity contribution in [3.05, 3.63) is 70.9 Å². The molecule has 1 aromatic heterocycles. The molecule has 1 N–H and O–H groups in total. The summed E-state index contributed by atoms with van der Waals surface area (Å²) in [7, 11) is 0. The Hall–Kier alpha value is -2.55. The Bertz CT molecular complexity index is 847. The fourth-order valence-corrected chi connectivity index (χ4v) is 3.02. The average Bonchev–Trinajstić information content (AvgIpc) is 2.81. The van der Waals surface area contributed by atoms with Crippen LogP contribution in [0.1, 0.15) is 34.1 Å². The fourth-order valence-electron chi connectivity index (χ4n) is 3.02. The van der Waals surface area contributed by atoms with Crippen molar-refractivity contribution < 1.29 is 4.79 Å². The first-order valence-corrected chi connectivity index (χ1v) is 8.03. The molecule has 0 aliphatic rings. The lowest BCUT2D eigenvalue weighted by Gasteiger charge is -2.09. The number of benzene rings is 2. The molecule has 0 bridgehead atoms. The number of amides is 1. The van der Waals surface area contributed by atoms with Gasteiger partial charge >= 0.3 is 0 Å². The first kappa shape index (κ1) is 15.3. The van der Waals surface area contributed by atoms with Gasteiger partial charge in [0.2, 0.25) is 0 Å². The van der Waals surface area contributed by atoms with E-state index in [1.807, 2.05) is 25.1 Å². The van der Waals surface area contributed by atoms with Gasteiger partial charge in [-0.1, -0.05) is 30.3 Å². The van der Waals surface area contributed by atoms with Gasteiger partial charge in [0.05, 0.1) is 0 Å². The Kier molecular flexibility index (Phi) is 4.20. The fraction of sp³-hybridized carbons (Fsp3) is 0.250. The molecule has 23 heavy (non-hydrogen) atoms. The lowest BCUT2D eigenvalue weighted by molar-refractivity contribution is 0.0956. The number of hydrogen-bond donors (Lipinski definition) is 1. The predicted molar refractivity (Wildman–Crippen MR) is 95.0 cm³/mol. The second kappa shape index (κ2) is 6.29. The summed E-state index contributed by atoms with van der Waals surface area (Å²) in [5.41, 5.74) is 5.66. The van der Waals surface area contributed by atoms with Crippen LogP contribution in [0.5, 0.6) is 0 Å². The Labute approximate surface area is 136 Å². The van der Waals surface area contributed by atoms with Gasteiger partial charge in [-0.3, -0.25) is 4.79 Å². The predicted octanol–water partition coefficient (Wildman–Crippen LogP) is 4.06. The van der Waals surface area contributed by atoms with E-state index >= 15 is 0 Å². The van der Waals surface area contributed by atoms with Gasteiger partial charge < -0.3 is 9.88 Å². The van der Waals surface area contributed by atoms with E-state index in [2.05, 4.69) is 54.1 Å². The molecule has 0 saturated carbocycles. The monoisotopic (exact) mass is 306 g/mol. The Morgan fingerprint density at radius 2 is 1.83 bits per heavy atom. The van der Waals surface area contributed by atoms with Crippen LogP contribution in [-0.4, -0.2) is 17.0 Å². The topological polar surface area (TPSA) is 34.0 Å². The quantitative estimate of drug-likeness (QED) is 0.775. The largest absolute Gasteiger partial charge is 0.352 e. The molecule has 118 valence electrons. The summed E-state index contributed by atoms with van der Waals surface area (Å²) in [5.74, 6) is -0.0118. The number of carbonyl (C=O) groups excluding carboxylic acids is 1. The molecule has 0 unspecified atom stereocenters. The van der Waals surface area contributed by atoms with Crippen LogP contribution in [0.4, 0.5) is 0 Å². The lowest BCUT2D eigenvalue weighted by atomic mass is 10.1. The minimum absolute atomic E-state index is 0.0118. The second-order valence-electron chi connectivity index (χ2n) is 5.87. The number of rotatable bonds is 4. The molecule has 0 saturated heterocycles. The average molecular weight is 306 g/mol. The van der Waals surface area contributed by atoms with Crippen molar-refractivity contribution in [2.24, 2.45) is 0 Å². The van der Waals surface area contributed by atoms with Crippen LogP contribution < -0.4 is 5.32 Å². The molecule has 0 atom stereocenters. The van der Waals surface area contributed by atoms with Crippen molar-refractivity contribution in [3.8, 4) is 0 Å². The first-order chi connectivity index (χ1) is 11.1. The number of fused-ring (bicyclic) bond motifs is 1. The molecule has 3 heteroatoms. The minimum Gasteiger partial charge on any atom is -0.352 e. The number of nitrogens with zero attached hydrogens (tertiary/aromatic N) is 1. The van der Waals surface area contributed by atoms with Gasteiger partial charge in [0.15, 0.2) is 0 Å². The highest BCUT2D eigenvalue weighted by atomic mass is 16.1. The third-order valence-electron chi connectivity index (χ3n) is 4.42. The van der Waals surface area contributed by atoms with Crippen LogP contribution in [0.15, 0.2) is 48.5 Å². The number of aryl methyl sites for hydroxylation is 1. The lowest BCUT2D eigenvalue weighted by Crippen LogP contribution is -2.22. The summed E-state index contributed by atoms with van der Waals surface area (Å²) < 4.78 is 2.32. The van der Waals surface area contributed by atoms with Gasteiger partial charge in [-0.15, -0.1) is 0 Å². The van der Waals surface area contributed by atoms with Gasteiger partial charge in [-0.25, -0.2) is 0 Å². The molecule has 1 amide bonds. The van der Waals surface area contributed by atoms with E-state index in [9.17, 15) is 4.79 Å². The number of carbonyl (C=O) groups is 1. The van der Waals surface area contributed by atoms with Gasteiger partial charge in [0, 0.05) is 35.2 Å². The molecule has 1 heterocycles. The summed E-state index contributed by atoms with van der Waals surface area (Å²) >= 11 is 0. The molecule has 3 rings (SSSR count). The van der Waals surface area contributed by atoms with Crippen molar-refractivity contribution >= 4 is 16.8 Å².